The Morgan fingerprint density at radius 1 is 1.18 bits per heavy atom. The van der Waals surface area contributed by atoms with E-state index in [9.17, 15) is 13.2 Å². The maximum absolute atomic E-state index is 13.3. The smallest absolute Gasteiger partial charge is 0.193 e. The summed E-state index contributed by atoms with van der Waals surface area (Å²) in [5, 5.41) is 2.27. The van der Waals surface area contributed by atoms with Gasteiger partial charge < -0.3 is 11.1 Å². The molecule has 0 fully saturated rings. The topological polar surface area (TPSA) is 50.4 Å². The summed E-state index contributed by atoms with van der Waals surface area (Å²) in [6.45, 7) is 5.33. The lowest BCUT2D eigenvalue weighted by Gasteiger charge is -2.15. The summed E-state index contributed by atoms with van der Waals surface area (Å²) < 4.78 is 39.2. The molecule has 0 saturated heterocycles. The molecule has 1 rings (SSSR count). The largest absolute Gasteiger partial charge is 0.370 e. The highest BCUT2D eigenvalue weighted by molar-refractivity contribution is 5.92. The van der Waals surface area contributed by atoms with Crippen LogP contribution < -0.4 is 11.1 Å². The average molecular weight is 245 g/mol. The molecular formula is C11H14F3N3. The minimum atomic E-state index is -1.06. The molecule has 3 nitrogen and oxygen atoms in total. The molecule has 0 aliphatic carbocycles. The lowest BCUT2D eigenvalue weighted by molar-refractivity contribution is 0.548. The summed E-state index contributed by atoms with van der Waals surface area (Å²) in [4.78, 5) is 3.97. The fraction of sp³-hybridized carbons (Fsp3) is 0.364. The second-order valence-corrected chi connectivity index (χ2v) is 4.54. The van der Waals surface area contributed by atoms with Crippen LogP contribution in [-0.2, 0) is 0 Å². The Morgan fingerprint density at radius 3 is 2.06 bits per heavy atom. The van der Waals surface area contributed by atoms with Gasteiger partial charge in [-0.2, -0.15) is 0 Å². The third kappa shape index (κ3) is 3.97. The van der Waals surface area contributed by atoms with Crippen LogP contribution in [-0.4, -0.2) is 11.5 Å². The second kappa shape index (κ2) is 4.65. The Hall–Kier alpha value is -1.72. The first-order valence-electron chi connectivity index (χ1n) is 4.96. The number of halogens is 3. The first-order valence-corrected chi connectivity index (χ1v) is 4.96. The summed E-state index contributed by atoms with van der Waals surface area (Å²) in [5.41, 5.74) is 4.48. The third-order valence-electron chi connectivity index (χ3n) is 1.72. The zero-order chi connectivity index (χ0) is 13.2. The van der Waals surface area contributed by atoms with Gasteiger partial charge in [0, 0.05) is 12.1 Å². The van der Waals surface area contributed by atoms with E-state index < -0.39 is 28.7 Å². The van der Waals surface area contributed by atoms with E-state index in [2.05, 4.69) is 10.3 Å². The van der Waals surface area contributed by atoms with Crippen LogP contribution in [0.3, 0.4) is 0 Å². The molecule has 0 atom stereocenters. The molecule has 94 valence electrons. The van der Waals surface area contributed by atoms with E-state index in [1.165, 1.54) is 0 Å². The molecule has 0 radical (unpaired) electrons. The number of nitrogens with zero attached hydrogens (tertiary/aromatic N) is 1. The van der Waals surface area contributed by atoms with Crippen LogP contribution >= 0.6 is 0 Å². The molecule has 0 aliphatic heterocycles. The summed E-state index contributed by atoms with van der Waals surface area (Å²) in [7, 11) is 0. The SMILES string of the molecule is CC(C)(C)N=C(N)Nc1c(F)cc(F)cc1F. The Morgan fingerprint density at radius 2 is 1.65 bits per heavy atom. The zero-order valence-electron chi connectivity index (χ0n) is 9.81. The van der Waals surface area contributed by atoms with Gasteiger partial charge in [0.05, 0.1) is 5.54 Å². The molecule has 0 amide bonds. The summed E-state index contributed by atoms with van der Waals surface area (Å²) in [5.74, 6) is -3.25. The van der Waals surface area contributed by atoms with Gasteiger partial charge in [-0.25, -0.2) is 18.2 Å². The van der Waals surface area contributed by atoms with Crippen molar-refractivity contribution in [3.63, 3.8) is 0 Å². The quantitative estimate of drug-likeness (QED) is 0.590. The van der Waals surface area contributed by atoms with Crippen LogP contribution in [0.15, 0.2) is 17.1 Å². The molecule has 6 heteroatoms. The van der Waals surface area contributed by atoms with Crippen molar-refractivity contribution in [3.05, 3.63) is 29.6 Å². The maximum atomic E-state index is 13.3. The van der Waals surface area contributed by atoms with E-state index in [-0.39, 0.29) is 5.96 Å². The molecule has 1 aromatic carbocycles. The van der Waals surface area contributed by atoms with E-state index in [1.807, 2.05) is 0 Å². The number of rotatable bonds is 1. The molecule has 0 aromatic heterocycles. The number of aliphatic imine (C=N–C) groups is 1. The second-order valence-electron chi connectivity index (χ2n) is 4.54. The lowest BCUT2D eigenvalue weighted by atomic mass is 10.1. The predicted octanol–water partition coefficient (Wildman–Crippen LogP) is 2.63. The van der Waals surface area contributed by atoms with E-state index in [0.717, 1.165) is 0 Å². The van der Waals surface area contributed by atoms with Crippen molar-refractivity contribution in [2.75, 3.05) is 5.32 Å². The highest BCUT2D eigenvalue weighted by atomic mass is 19.1. The van der Waals surface area contributed by atoms with Crippen molar-refractivity contribution < 1.29 is 13.2 Å². The molecule has 3 N–H and O–H groups in total. The standard InChI is InChI=1S/C11H14F3N3/c1-11(2,3)17-10(15)16-9-7(13)4-6(12)5-8(9)14/h4-5H,1-3H3,(H3,15,16,17). The van der Waals surface area contributed by atoms with E-state index in [0.29, 0.717) is 12.1 Å². The Bertz CT molecular complexity index is 427. The van der Waals surface area contributed by atoms with Crippen molar-refractivity contribution in [1.29, 1.82) is 0 Å². The van der Waals surface area contributed by atoms with Gasteiger partial charge in [-0.1, -0.05) is 0 Å². The number of hydrogen-bond donors (Lipinski definition) is 2. The zero-order valence-corrected chi connectivity index (χ0v) is 9.81. The molecule has 0 aliphatic rings. The minimum absolute atomic E-state index is 0.137. The van der Waals surface area contributed by atoms with Crippen LogP contribution in [0.25, 0.3) is 0 Å². The first-order chi connectivity index (χ1) is 7.69. The summed E-state index contributed by atoms with van der Waals surface area (Å²) in [6, 6.07) is 1.13. The molecule has 17 heavy (non-hydrogen) atoms. The number of guanidine groups is 1. The highest BCUT2D eigenvalue weighted by Gasteiger charge is 2.14. The Labute approximate surface area is 97.5 Å². The van der Waals surface area contributed by atoms with Crippen molar-refractivity contribution >= 4 is 11.6 Å². The Kier molecular flexibility index (Phi) is 3.65. The van der Waals surface area contributed by atoms with E-state index in [1.54, 1.807) is 20.8 Å². The van der Waals surface area contributed by atoms with Crippen LogP contribution in [0.4, 0.5) is 18.9 Å². The first kappa shape index (κ1) is 13.3. The third-order valence-corrected chi connectivity index (χ3v) is 1.72. The van der Waals surface area contributed by atoms with Crippen molar-refractivity contribution in [2.24, 2.45) is 10.7 Å². The van der Waals surface area contributed by atoms with Crippen molar-refractivity contribution in [3.8, 4) is 0 Å². The number of hydrogen-bond acceptors (Lipinski definition) is 1. The maximum Gasteiger partial charge on any atom is 0.193 e. The van der Waals surface area contributed by atoms with Gasteiger partial charge in [0.25, 0.3) is 0 Å². The highest BCUT2D eigenvalue weighted by Crippen LogP contribution is 2.20. The van der Waals surface area contributed by atoms with Gasteiger partial charge in [-0.05, 0) is 20.8 Å². The molecule has 1 aromatic rings. The predicted molar refractivity (Wildman–Crippen MR) is 61.3 cm³/mol. The van der Waals surface area contributed by atoms with Crippen molar-refractivity contribution in [1.82, 2.24) is 0 Å². The monoisotopic (exact) mass is 245 g/mol. The number of benzene rings is 1. The van der Waals surface area contributed by atoms with Gasteiger partial charge >= 0.3 is 0 Å². The van der Waals surface area contributed by atoms with Crippen LogP contribution in [0.1, 0.15) is 20.8 Å². The van der Waals surface area contributed by atoms with Crippen molar-refractivity contribution in [2.45, 2.75) is 26.3 Å². The van der Waals surface area contributed by atoms with Crippen LogP contribution in [0.2, 0.25) is 0 Å². The molecule has 0 saturated carbocycles. The van der Waals surface area contributed by atoms with Crippen LogP contribution in [0.5, 0.6) is 0 Å². The Balaban J connectivity index is 3.01. The summed E-state index contributed by atoms with van der Waals surface area (Å²) >= 11 is 0. The minimum Gasteiger partial charge on any atom is -0.370 e. The average Bonchev–Trinajstić information content (AvgIpc) is 2.08. The van der Waals surface area contributed by atoms with Gasteiger partial charge in [-0.15, -0.1) is 0 Å². The van der Waals surface area contributed by atoms with Gasteiger partial charge in [-0.3, -0.25) is 0 Å². The van der Waals surface area contributed by atoms with E-state index >= 15 is 0 Å². The number of nitrogens with one attached hydrogen (secondary N) is 1. The summed E-state index contributed by atoms with van der Waals surface area (Å²) in [6.07, 6.45) is 0. The van der Waals surface area contributed by atoms with Gasteiger partial charge in [0.1, 0.15) is 11.5 Å². The van der Waals surface area contributed by atoms with Gasteiger partial charge in [0.2, 0.25) is 0 Å². The van der Waals surface area contributed by atoms with E-state index in [4.69, 9.17) is 5.73 Å². The van der Waals surface area contributed by atoms with Gasteiger partial charge in [0.15, 0.2) is 17.6 Å². The number of nitrogens with two attached hydrogens (primary N) is 1. The fourth-order valence-electron chi connectivity index (χ4n) is 1.18. The molecular weight excluding hydrogens is 231 g/mol. The number of anilines is 1. The normalized spacial score (nSPS) is 12.7. The van der Waals surface area contributed by atoms with Crippen LogP contribution in [0, 0.1) is 17.5 Å². The molecule has 0 unspecified atom stereocenters. The lowest BCUT2D eigenvalue weighted by Crippen LogP contribution is -2.28. The molecule has 0 spiro atoms. The molecule has 0 heterocycles. The fourth-order valence-corrected chi connectivity index (χ4v) is 1.18. The molecule has 0 bridgehead atoms.